The van der Waals surface area contributed by atoms with Crippen molar-refractivity contribution in [3.8, 4) is 0 Å². The summed E-state index contributed by atoms with van der Waals surface area (Å²) in [7, 11) is 2.13. The Morgan fingerprint density at radius 2 is 1.03 bits per heavy atom. The Morgan fingerprint density at radius 1 is 0.553 bits per heavy atom. The minimum absolute atomic E-state index is 0.0130. The predicted molar refractivity (Wildman–Crippen MR) is 425 cm³/mol. The van der Waals surface area contributed by atoms with Crippen LogP contribution in [-0.4, -0.2) is 254 Å². The molecule has 616 valence electrons. The zero-order valence-electron chi connectivity index (χ0n) is 64.5. The maximum absolute atomic E-state index is 14.0. The molecule has 0 radical (unpaired) electrons. The number of carboxylic acid groups (broad SMARTS) is 1. The molecule has 5 heterocycles. The van der Waals surface area contributed by atoms with Crippen LogP contribution in [-0.2, 0) is 96.6 Å². The number of carbonyl (C=O) groups excluding carboxylic acids is 10. The van der Waals surface area contributed by atoms with Gasteiger partial charge in [0.2, 0.25) is 47.3 Å². The number of carbonyl (C=O) groups is 11. The number of aromatic nitrogens is 6. The lowest BCUT2D eigenvalue weighted by Crippen LogP contribution is -2.51. The molecule has 1 saturated heterocycles. The van der Waals surface area contributed by atoms with Gasteiger partial charge in [0.05, 0.1) is 61.6 Å². The molecule has 0 saturated carbocycles. The number of aryl methyl sites for hydroxylation is 1. The summed E-state index contributed by atoms with van der Waals surface area (Å²) in [6, 6.07) is 25.1. The van der Waals surface area contributed by atoms with Crippen molar-refractivity contribution >= 4 is 94.4 Å². The van der Waals surface area contributed by atoms with E-state index >= 15 is 0 Å². The van der Waals surface area contributed by atoms with Crippen molar-refractivity contribution < 1.29 is 67.5 Å². The number of rotatable bonds is 47. The van der Waals surface area contributed by atoms with Crippen LogP contribution in [0.5, 0.6) is 0 Å². The fourth-order valence-electron chi connectivity index (χ4n) is 12.0. The van der Waals surface area contributed by atoms with E-state index < -0.39 is 72.7 Å². The van der Waals surface area contributed by atoms with Crippen LogP contribution in [0.15, 0.2) is 110 Å². The van der Waals surface area contributed by atoms with Crippen molar-refractivity contribution in [1.29, 1.82) is 0 Å². The summed E-state index contributed by atoms with van der Waals surface area (Å²) in [4.78, 5) is 182. The number of likely N-dealkylation sites (N-methyl/N-ethyl adjacent to an activating group) is 1. The monoisotopic (exact) mass is 1600 g/mol. The summed E-state index contributed by atoms with van der Waals surface area (Å²) in [5.74, 6) is -0.527. The highest BCUT2D eigenvalue weighted by atomic mass is 32.1. The lowest BCUT2D eigenvalue weighted by atomic mass is 10.1. The summed E-state index contributed by atoms with van der Waals surface area (Å²) in [6.07, 6.45) is 7.92. The number of imidazole rings is 2. The molecule has 38 heteroatoms. The number of amides is 8. The second-order valence-corrected chi connectivity index (χ2v) is 27.8. The number of hydrogen-bond donors (Lipinski definition) is 15. The quantitative estimate of drug-likeness (QED) is 0.00808. The Bertz CT molecular complexity index is 4010. The molecule has 0 spiro atoms. The Hall–Kier alpha value is -11.3. The van der Waals surface area contributed by atoms with Gasteiger partial charge in [0.25, 0.3) is 0 Å². The van der Waals surface area contributed by atoms with Gasteiger partial charge in [-0.15, -0.1) is 5.48 Å². The van der Waals surface area contributed by atoms with Crippen LogP contribution in [0.25, 0.3) is 0 Å². The Balaban J connectivity index is 0.921. The first-order valence-corrected chi connectivity index (χ1v) is 38.4. The van der Waals surface area contributed by atoms with Crippen molar-refractivity contribution in [3.05, 3.63) is 155 Å². The molecular formula is C76H107N23O14S. The van der Waals surface area contributed by atoms with Crippen molar-refractivity contribution in [3.63, 3.8) is 0 Å². The molecular weight excluding hydrogens is 1490 g/mol. The molecule has 7 rings (SSSR count). The maximum Gasteiger partial charge on any atom is 0.354 e. The predicted octanol–water partition coefficient (Wildman–Crippen LogP) is 0.397. The standard InChI is InChI=1S/C76H107N23O14S/c1-54-9-7-10-61(88-54)47-97-35-33-95(2)34-36-98(48-62-11-8-13-63(89-62)74(109)110)40-38-96(37-39-97)45-55-15-19-57(20-16-55)90-76(114)91-58-21-17-56(18-22-58)46-99(49-72(107)92-64(75(111)113-77)12-3-5-29-80-70(105)43-84-68(103)25-23-66(101)82-31-27-59-41-78-51-86-59)50-73(108)93-65(94-112-53-100)14-4-6-30-81-71(106)44-85-69(104)26-24-67(102)83-32-28-60-42-79-52-87-60/h7-11,13,15-22,41-42,51-53,64-65,94H,3-6,12,14,23-40,43-50,77H2,1-2H3,(H,78,86)(H,79,87)(H,80,105)(H,81,106)(H,82,101)(H,83,102)(H,84,103)(H,85,104)(H,92,107)(H,93,108)(H,109,110)(H2,90,91,114). The van der Waals surface area contributed by atoms with Crippen LogP contribution in [0.4, 0.5) is 11.4 Å². The van der Waals surface area contributed by atoms with Crippen molar-refractivity contribution in [1.82, 2.24) is 102 Å². The molecule has 16 N–H and O–H groups in total. The zero-order chi connectivity index (χ0) is 81.7. The number of unbranched alkanes of at least 4 members (excludes halogenated alkanes) is 2. The number of aromatic carboxylic acids is 1. The van der Waals surface area contributed by atoms with Crippen molar-refractivity contribution in [2.45, 2.75) is 122 Å². The van der Waals surface area contributed by atoms with Gasteiger partial charge in [-0.25, -0.2) is 24.5 Å². The number of pyridine rings is 2. The fourth-order valence-corrected chi connectivity index (χ4v) is 12.2. The van der Waals surface area contributed by atoms with E-state index in [-0.39, 0.29) is 95.2 Å². The molecule has 1 aliphatic heterocycles. The van der Waals surface area contributed by atoms with Crippen LogP contribution in [0.3, 0.4) is 0 Å². The molecule has 8 amide bonds. The highest BCUT2D eigenvalue weighted by Gasteiger charge is 2.26. The normalized spacial score (nSPS) is 13.6. The number of nitrogens with one attached hydrogen (secondary N) is 13. The number of hydroxylamine groups is 1. The molecule has 1 fully saturated rings. The molecule has 4 aromatic heterocycles. The van der Waals surface area contributed by atoms with E-state index in [1.807, 2.05) is 37.3 Å². The van der Waals surface area contributed by atoms with Crippen LogP contribution in [0.2, 0.25) is 0 Å². The maximum atomic E-state index is 14.0. The highest BCUT2D eigenvalue weighted by molar-refractivity contribution is 7.80. The number of carboxylic acids is 1. The third-order valence-corrected chi connectivity index (χ3v) is 18.4. The van der Waals surface area contributed by atoms with Gasteiger partial charge in [-0.2, -0.15) is 5.90 Å². The van der Waals surface area contributed by atoms with E-state index in [4.69, 9.17) is 27.9 Å². The number of anilines is 2. The summed E-state index contributed by atoms with van der Waals surface area (Å²) >= 11 is 5.78. The SMILES string of the molecule is Cc1cccc(CN2CCN(C)CCN(Cc3cccc(C(=O)O)n3)CCN(Cc3ccc(NC(=S)Nc4ccc(CN(CC(=O)NC(CCCCNC(=O)CNC(=O)CCC(=O)NCCc5c[nH]cn5)NOC=O)CC(=O)NC(CCCCNC(=O)CNC(=O)CCC(=O)NCCc5c[nH]cn5)C(=O)ON)cc4)cc3)CC2)n1. The fraction of sp³-hybridized carbons (Fsp3) is 0.474. The number of hydrogen-bond acceptors (Lipinski definition) is 25. The first-order valence-electron chi connectivity index (χ1n) is 38.0. The van der Waals surface area contributed by atoms with Gasteiger partial charge in [0.1, 0.15) is 17.9 Å². The number of thiocarbonyl (C=S) groups is 1. The van der Waals surface area contributed by atoms with Crippen LogP contribution < -0.4 is 64.5 Å². The van der Waals surface area contributed by atoms with Gasteiger partial charge in [-0.1, -0.05) is 36.4 Å². The Labute approximate surface area is 667 Å². The molecule has 6 aromatic rings. The third-order valence-electron chi connectivity index (χ3n) is 18.2. The molecule has 37 nitrogen and oxygen atoms in total. The van der Waals surface area contributed by atoms with E-state index in [1.165, 1.54) is 23.6 Å². The number of nitrogens with zero attached hydrogens (tertiary/aromatic N) is 9. The van der Waals surface area contributed by atoms with Gasteiger partial charge >= 0.3 is 18.4 Å². The number of H-pyrrole nitrogens is 2. The second-order valence-electron chi connectivity index (χ2n) is 27.4. The molecule has 2 unspecified atom stereocenters. The number of benzene rings is 2. The number of aromatic amines is 2. The molecule has 1 aliphatic rings. The van der Waals surface area contributed by atoms with E-state index in [1.54, 1.807) is 42.7 Å². The Morgan fingerprint density at radius 3 is 1.53 bits per heavy atom. The van der Waals surface area contributed by atoms with E-state index in [9.17, 15) is 57.8 Å². The highest BCUT2D eigenvalue weighted by Crippen LogP contribution is 2.18. The van der Waals surface area contributed by atoms with Crippen molar-refractivity contribution in [2.24, 2.45) is 5.90 Å². The van der Waals surface area contributed by atoms with Gasteiger partial charge in [0, 0.05) is 173 Å². The van der Waals surface area contributed by atoms with Crippen molar-refractivity contribution in [2.75, 3.05) is 122 Å². The summed E-state index contributed by atoms with van der Waals surface area (Å²) in [5, 5.41) is 37.7. The average molecular weight is 1600 g/mol. The van der Waals surface area contributed by atoms with Gasteiger partial charge in [-0.05, 0) is 124 Å². The van der Waals surface area contributed by atoms with Gasteiger partial charge in [0.15, 0.2) is 5.11 Å². The zero-order valence-corrected chi connectivity index (χ0v) is 65.3. The average Bonchev–Trinajstić information content (AvgIpc) is 1.04. The third kappa shape index (κ3) is 36.9. The largest absolute Gasteiger partial charge is 0.477 e. The number of nitrogens with two attached hydrogens (primary N) is 1. The summed E-state index contributed by atoms with van der Waals surface area (Å²) < 4.78 is 0. The molecule has 2 atom stereocenters. The molecule has 0 bridgehead atoms. The van der Waals surface area contributed by atoms with Crippen LogP contribution >= 0.6 is 12.2 Å². The first kappa shape index (κ1) is 89.9. The smallest absolute Gasteiger partial charge is 0.354 e. The summed E-state index contributed by atoms with van der Waals surface area (Å²) in [6.45, 7) is 9.95. The first-order chi connectivity index (χ1) is 55.1. The van der Waals surface area contributed by atoms with Crippen LogP contribution in [0, 0.1) is 6.92 Å². The lowest BCUT2D eigenvalue weighted by molar-refractivity contribution is -0.149. The lowest BCUT2D eigenvalue weighted by Gasteiger charge is -2.33. The van der Waals surface area contributed by atoms with Gasteiger partial charge < -0.3 is 82.8 Å². The minimum atomic E-state index is -1.24. The van der Waals surface area contributed by atoms with E-state index in [0.717, 1.165) is 92.9 Å². The topological polar surface area (TPSA) is 484 Å². The molecule has 2 aromatic carbocycles. The Kier molecular flexibility index (Phi) is 40.0. The van der Waals surface area contributed by atoms with E-state index in [2.05, 4.69) is 133 Å². The van der Waals surface area contributed by atoms with E-state index in [0.29, 0.717) is 86.8 Å². The second kappa shape index (κ2) is 50.7. The summed E-state index contributed by atoms with van der Waals surface area (Å²) in [5.41, 5.74) is 9.87. The van der Waals surface area contributed by atoms with Crippen LogP contribution in [0.1, 0.15) is 114 Å². The van der Waals surface area contributed by atoms with Gasteiger partial charge in [-0.3, -0.25) is 67.7 Å². The molecule has 0 aliphatic carbocycles. The minimum Gasteiger partial charge on any atom is -0.477 e. The molecule has 114 heavy (non-hydrogen) atoms.